The second-order valence-corrected chi connectivity index (χ2v) is 10.8. The van der Waals surface area contributed by atoms with Gasteiger partial charge in [-0.2, -0.15) is 4.31 Å². The molecule has 2 aromatic rings. The van der Waals surface area contributed by atoms with Crippen LogP contribution in [0.1, 0.15) is 37.6 Å². The number of benzene rings is 1. The quantitative estimate of drug-likeness (QED) is 0.336. The molecule has 5 N–H and O–H groups in total. The average Bonchev–Trinajstić information content (AvgIpc) is 2.79. The van der Waals surface area contributed by atoms with Gasteiger partial charge in [0.15, 0.2) is 11.5 Å². The second-order valence-electron chi connectivity index (χ2n) is 8.66. The third-order valence-electron chi connectivity index (χ3n) is 5.65. The van der Waals surface area contributed by atoms with Crippen LogP contribution in [0, 0.1) is 10.8 Å². The number of aromatic nitrogens is 2. The number of anilines is 2. The lowest BCUT2D eigenvalue weighted by Gasteiger charge is -2.46. The molecule has 0 amide bonds. The molecule has 1 aromatic heterocycles. The molecule has 2 heterocycles. The van der Waals surface area contributed by atoms with Gasteiger partial charge in [-0.05, 0) is 45.5 Å². The summed E-state index contributed by atoms with van der Waals surface area (Å²) >= 11 is 0. The van der Waals surface area contributed by atoms with Gasteiger partial charge in [-0.15, -0.1) is 0 Å². The molecule has 184 valence electrons. The van der Waals surface area contributed by atoms with E-state index < -0.39 is 15.6 Å². The average molecular weight is 489 g/mol. The number of sulfonamides is 1. The van der Waals surface area contributed by atoms with Gasteiger partial charge in [-0.25, -0.2) is 18.4 Å². The largest absolute Gasteiger partial charge is 0.419 e. The molecule has 0 unspecified atom stereocenters. The minimum atomic E-state index is -3.34. The Kier molecular flexibility index (Phi) is 7.54. The lowest BCUT2D eigenvalue weighted by atomic mass is 10.0. The van der Waals surface area contributed by atoms with Crippen LogP contribution in [0.5, 0.6) is 0 Å². The third-order valence-corrected chi connectivity index (χ3v) is 7.73. The second kappa shape index (κ2) is 10.0. The molecule has 0 radical (unpaired) electrons. The van der Waals surface area contributed by atoms with E-state index in [9.17, 15) is 8.42 Å². The highest BCUT2D eigenvalue weighted by Crippen LogP contribution is 2.27. The Bertz CT molecular complexity index is 1170. The zero-order valence-corrected chi connectivity index (χ0v) is 20.7. The summed E-state index contributed by atoms with van der Waals surface area (Å²) < 4.78 is 31.9. The van der Waals surface area contributed by atoms with Gasteiger partial charge in [0.2, 0.25) is 21.8 Å². The van der Waals surface area contributed by atoms with Gasteiger partial charge in [-0.3, -0.25) is 10.8 Å². The van der Waals surface area contributed by atoms with Crippen molar-refractivity contribution in [3.05, 3.63) is 47.3 Å². The van der Waals surface area contributed by atoms with Crippen LogP contribution in [-0.4, -0.2) is 72.5 Å². The summed E-state index contributed by atoms with van der Waals surface area (Å²) in [6.45, 7) is 7.20. The highest BCUT2D eigenvalue weighted by atomic mass is 32.2. The fourth-order valence-electron chi connectivity index (χ4n) is 3.90. The molecule has 1 aliphatic heterocycles. The molecule has 11 nitrogen and oxygen atoms in total. The van der Waals surface area contributed by atoms with Crippen molar-refractivity contribution in [3.8, 4) is 0 Å². The van der Waals surface area contributed by atoms with Crippen molar-refractivity contribution < 1.29 is 13.2 Å². The predicted octanol–water partition coefficient (Wildman–Crippen LogP) is 1.40. The first kappa shape index (κ1) is 25.5. The molecule has 0 atom stereocenters. The Morgan fingerprint density at radius 2 is 1.88 bits per heavy atom. The molecule has 1 saturated heterocycles. The number of hydrogen-bond acceptors (Lipinski definition) is 10. The van der Waals surface area contributed by atoms with E-state index >= 15 is 0 Å². The van der Waals surface area contributed by atoms with Crippen LogP contribution >= 0.6 is 0 Å². The van der Waals surface area contributed by atoms with Crippen molar-refractivity contribution in [2.75, 3.05) is 43.1 Å². The molecule has 0 spiro atoms. The van der Waals surface area contributed by atoms with Crippen molar-refractivity contribution in [2.45, 2.75) is 32.9 Å². The van der Waals surface area contributed by atoms with E-state index in [0.717, 1.165) is 5.56 Å². The van der Waals surface area contributed by atoms with E-state index in [2.05, 4.69) is 15.3 Å². The summed E-state index contributed by atoms with van der Waals surface area (Å²) in [5, 5.41) is 19.6. The maximum Gasteiger partial charge on any atom is 0.243 e. The molecule has 0 bridgehead atoms. The standard InChI is InChI=1S/C22H32N8O3S/c1-5-34(31,32)30-11-10-29(14-22(30,2)3)17-13-27-19(23)18(28-17)21(25)33-20(24)16-8-6-15(7-9-16)12-26-4/h6-9,13,24-26H,5,10-12,14H2,1-4H3,(H2,23,27). The zero-order chi connectivity index (χ0) is 25.1. The van der Waals surface area contributed by atoms with E-state index in [1.807, 2.05) is 37.9 Å². The first-order valence-electron chi connectivity index (χ1n) is 11.0. The van der Waals surface area contributed by atoms with Crippen LogP contribution in [0.15, 0.2) is 30.5 Å². The maximum atomic E-state index is 12.5. The van der Waals surface area contributed by atoms with E-state index in [4.69, 9.17) is 21.3 Å². The number of hydrogen-bond donors (Lipinski definition) is 4. The fraction of sp³-hybridized carbons (Fsp3) is 0.455. The predicted molar refractivity (Wildman–Crippen MR) is 133 cm³/mol. The van der Waals surface area contributed by atoms with Gasteiger partial charge in [0.25, 0.3) is 0 Å². The number of piperazine rings is 1. The van der Waals surface area contributed by atoms with Gasteiger partial charge < -0.3 is 20.7 Å². The summed E-state index contributed by atoms with van der Waals surface area (Å²) in [5.41, 5.74) is 6.91. The molecule has 1 aromatic carbocycles. The highest BCUT2D eigenvalue weighted by Gasteiger charge is 2.40. The van der Waals surface area contributed by atoms with Crippen LogP contribution in [0.2, 0.25) is 0 Å². The van der Waals surface area contributed by atoms with Crippen LogP contribution in [0.4, 0.5) is 11.6 Å². The molecule has 3 rings (SSSR count). The Morgan fingerprint density at radius 1 is 1.21 bits per heavy atom. The van der Waals surface area contributed by atoms with Crippen LogP contribution in [0.25, 0.3) is 0 Å². The minimum Gasteiger partial charge on any atom is -0.419 e. The van der Waals surface area contributed by atoms with Crippen molar-refractivity contribution in [3.63, 3.8) is 0 Å². The van der Waals surface area contributed by atoms with Crippen molar-refractivity contribution >= 4 is 33.5 Å². The Morgan fingerprint density at radius 3 is 2.47 bits per heavy atom. The van der Waals surface area contributed by atoms with Gasteiger partial charge >= 0.3 is 0 Å². The smallest absolute Gasteiger partial charge is 0.243 e. The molecule has 12 heteroatoms. The molecular weight excluding hydrogens is 456 g/mol. The summed E-state index contributed by atoms with van der Waals surface area (Å²) in [6.07, 6.45) is 1.50. The lowest BCUT2D eigenvalue weighted by Crippen LogP contribution is -2.61. The SMILES string of the molecule is CCS(=O)(=O)N1CCN(c2cnc(N)c(C(=N)OC(=N)c3ccc(CNC)cc3)n2)CC1(C)C. The van der Waals surface area contributed by atoms with Crippen molar-refractivity contribution in [1.82, 2.24) is 19.6 Å². The molecule has 0 aliphatic carbocycles. The van der Waals surface area contributed by atoms with Crippen LogP contribution < -0.4 is 16.0 Å². The van der Waals surface area contributed by atoms with E-state index in [0.29, 0.717) is 37.6 Å². The van der Waals surface area contributed by atoms with Gasteiger partial charge in [0.1, 0.15) is 5.82 Å². The summed E-state index contributed by atoms with van der Waals surface area (Å²) in [5.74, 6) is -0.0739. The zero-order valence-electron chi connectivity index (χ0n) is 19.9. The first-order chi connectivity index (χ1) is 16.0. The maximum absolute atomic E-state index is 12.5. The Balaban J connectivity index is 1.76. The Hall–Kier alpha value is -3.09. The van der Waals surface area contributed by atoms with Crippen LogP contribution in [0.3, 0.4) is 0 Å². The minimum absolute atomic E-state index is 0.0115. The monoisotopic (exact) mass is 488 g/mol. The van der Waals surface area contributed by atoms with E-state index in [1.54, 1.807) is 19.1 Å². The third kappa shape index (κ3) is 5.51. The highest BCUT2D eigenvalue weighted by molar-refractivity contribution is 7.89. The fourth-order valence-corrected chi connectivity index (χ4v) is 5.38. The number of ether oxygens (including phenoxy) is 1. The number of nitrogens with two attached hydrogens (primary N) is 1. The first-order valence-corrected chi connectivity index (χ1v) is 12.6. The molecule has 1 fully saturated rings. The van der Waals surface area contributed by atoms with Gasteiger partial charge in [0.05, 0.1) is 11.9 Å². The molecule has 0 saturated carbocycles. The summed E-state index contributed by atoms with van der Waals surface area (Å²) in [6, 6.07) is 7.25. The number of nitrogens with one attached hydrogen (secondary N) is 3. The lowest BCUT2D eigenvalue weighted by molar-refractivity contribution is 0.204. The number of nitrogens with zero attached hydrogens (tertiary/aromatic N) is 4. The number of nitrogen functional groups attached to an aromatic ring is 1. The molecular formula is C22H32N8O3S. The molecule has 1 aliphatic rings. The number of rotatable bonds is 7. The van der Waals surface area contributed by atoms with E-state index in [1.165, 1.54) is 10.5 Å². The van der Waals surface area contributed by atoms with E-state index in [-0.39, 0.29) is 29.1 Å². The van der Waals surface area contributed by atoms with Crippen molar-refractivity contribution in [2.24, 2.45) is 0 Å². The summed E-state index contributed by atoms with van der Waals surface area (Å²) in [4.78, 5) is 10.5. The van der Waals surface area contributed by atoms with Gasteiger partial charge in [-0.1, -0.05) is 12.1 Å². The topological polar surface area (TPSA) is 161 Å². The summed E-state index contributed by atoms with van der Waals surface area (Å²) in [7, 11) is -1.48. The van der Waals surface area contributed by atoms with Crippen molar-refractivity contribution in [1.29, 1.82) is 10.8 Å². The van der Waals surface area contributed by atoms with Gasteiger partial charge in [0, 0.05) is 37.3 Å². The molecule has 34 heavy (non-hydrogen) atoms. The van der Waals surface area contributed by atoms with Crippen LogP contribution in [-0.2, 0) is 21.3 Å². The Labute approximate surface area is 200 Å². The normalized spacial score (nSPS) is 16.3.